The lowest BCUT2D eigenvalue weighted by atomic mass is 10.1. The normalized spacial score (nSPS) is 15.3. The summed E-state index contributed by atoms with van der Waals surface area (Å²) in [7, 11) is -4.53. The fourth-order valence-corrected chi connectivity index (χ4v) is 6.00. The Morgan fingerprint density at radius 1 is 1.08 bits per heavy atom. The van der Waals surface area contributed by atoms with Crippen molar-refractivity contribution in [2.45, 2.75) is 43.6 Å². The average Bonchev–Trinajstić information content (AvgIpc) is 3.39. The molecular weight excluding hydrogens is 522 g/mol. The molecule has 3 aromatic rings. The molecule has 1 atom stereocenters. The van der Waals surface area contributed by atoms with E-state index in [1.165, 1.54) is 16.8 Å². The van der Waals surface area contributed by atoms with Crippen molar-refractivity contribution in [3.63, 3.8) is 0 Å². The number of carbonyl (C=O) groups excluding carboxylic acids is 2. The number of ether oxygens (including phenoxy) is 3. The third-order valence-corrected chi connectivity index (χ3v) is 7.46. The summed E-state index contributed by atoms with van der Waals surface area (Å²) in [5.74, 6) is -1.77. The molecule has 0 fully saturated rings. The molecule has 0 saturated heterocycles. The zero-order valence-electron chi connectivity index (χ0n) is 20.5. The smallest absolute Gasteiger partial charge is 0.344 e. The van der Waals surface area contributed by atoms with Crippen LogP contribution in [0.5, 0.6) is 11.5 Å². The van der Waals surface area contributed by atoms with Crippen molar-refractivity contribution < 1.29 is 32.2 Å². The van der Waals surface area contributed by atoms with E-state index in [2.05, 4.69) is 28.2 Å². The predicted octanol–water partition coefficient (Wildman–Crippen LogP) is 2.55. The summed E-state index contributed by atoms with van der Waals surface area (Å²) >= 11 is 4.44. The minimum atomic E-state index is -4.53. The molecular formula is C23H25N5O7S2. The lowest BCUT2D eigenvalue weighted by Gasteiger charge is -2.22. The summed E-state index contributed by atoms with van der Waals surface area (Å²) < 4.78 is 45.7. The first-order valence-corrected chi connectivity index (χ1v) is 13.2. The van der Waals surface area contributed by atoms with E-state index in [0.29, 0.717) is 9.99 Å². The van der Waals surface area contributed by atoms with Gasteiger partial charge < -0.3 is 14.2 Å². The summed E-state index contributed by atoms with van der Waals surface area (Å²) in [4.78, 5) is 25.3. The molecule has 1 amide bonds. The number of rotatable bonds is 8. The molecule has 0 spiro atoms. The fraction of sp³-hybridized carbons (Fsp3) is 0.348. The van der Waals surface area contributed by atoms with Gasteiger partial charge in [0.15, 0.2) is 17.8 Å². The number of para-hydroxylation sites is 1. The lowest BCUT2D eigenvalue weighted by molar-refractivity contribution is -0.157. The Kier molecular flexibility index (Phi) is 7.15. The molecule has 0 saturated carbocycles. The van der Waals surface area contributed by atoms with E-state index in [-0.39, 0.29) is 29.5 Å². The molecule has 14 heteroatoms. The first-order chi connectivity index (χ1) is 17.5. The standard InChI is InChI=1S/C23H25N5O7S2/c1-5-33-15-11-12-16(34-13-17(29)35-23(2,3)4)19-18(15)21(30)28(37(19,31)32)22(36)20-24-25-26-27(20)14-9-7-6-8-10-14/h6-12,22,36H,5,13H2,1-4H3. The molecule has 12 nitrogen and oxygen atoms in total. The van der Waals surface area contributed by atoms with Gasteiger partial charge in [-0.05, 0) is 62.4 Å². The van der Waals surface area contributed by atoms with Crippen LogP contribution in [0.15, 0.2) is 47.4 Å². The number of thiol groups is 1. The van der Waals surface area contributed by atoms with Crippen LogP contribution in [0, 0.1) is 0 Å². The van der Waals surface area contributed by atoms with Crippen molar-refractivity contribution >= 4 is 34.5 Å². The Bertz CT molecular complexity index is 1440. The van der Waals surface area contributed by atoms with Gasteiger partial charge in [-0.2, -0.15) is 4.68 Å². The van der Waals surface area contributed by atoms with Crippen molar-refractivity contribution in [2.24, 2.45) is 0 Å². The second-order valence-electron chi connectivity index (χ2n) is 8.84. The van der Waals surface area contributed by atoms with Crippen molar-refractivity contribution in [1.29, 1.82) is 0 Å². The summed E-state index contributed by atoms with van der Waals surface area (Å²) in [6.07, 6.45) is 0. The zero-order valence-corrected chi connectivity index (χ0v) is 22.2. The van der Waals surface area contributed by atoms with Crippen molar-refractivity contribution in [1.82, 2.24) is 24.5 Å². The summed E-state index contributed by atoms with van der Waals surface area (Å²) in [5, 5.41) is 10.1. The number of esters is 1. The van der Waals surface area contributed by atoms with Crippen molar-refractivity contribution in [2.75, 3.05) is 13.2 Å². The molecule has 2 aromatic carbocycles. The molecule has 1 aromatic heterocycles. The molecule has 1 aliphatic rings. The minimum absolute atomic E-state index is 0.00607. The third-order valence-electron chi connectivity index (χ3n) is 5.03. The second kappa shape index (κ2) is 10.0. The minimum Gasteiger partial charge on any atom is -0.493 e. The first-order valence-electron chi connectivity index (χ1n) is 11.2. The van der Waals surface area contributed by atoms with Crippen LogP contribution in [0.4, 0.5) is 0 Å². The highest BCUT2D eigenvalue weighted by Gasteiger charge is 2.50. The van der Waals surface area contributed by atoms with Crippen molar-refractivity contribution in [3.05, 3.63) is 53.9 Å². The highest BCUT2D eigenvalue weighted by atomic mass is 32.2. The van der Waals surface area contributed by atoms with Gasteiger partial charge in [0.1, 0.15) is 27.6 Å². The van der Waals surface area contributed by atoms with E-state index in [9.17, 15) is 18.0 Å². The van der Waals surface area contributed by atoms with Crippen LogP contribution in [0.3, 0.4) is 0 Å². The topological polar surface area (TPSA) is 143 Å². The molecule has 1 unspecified atom stereocenters. The highest BCUT2D eigenvalue weighted by molar-refractivity contribution is 7.91. The molecule has 37 heavy (non-hydrogen) atoms. The number of sulfonamides is 1. The third kappa shape index (κ3) is 5.11. The van der Waals surface area contributed by atoms with Crippen LogP contribution >= 0.6 is 12.6 Å². The van der Waals surface area contributed by atoms with E-state index in [1.54, 1.807) is 58.0 Å². The number of carbonyl (C=O) groups is 2. The van der Waals surface area contributed by atoms with Gasteiger partial charge in [0, 0.05) is 0 Å². The number of nitrogens with zero attached hydrogens (tertiary/aromatic N) is 5. The molecule has 0 aliphatic carbocycles. The van der Waals surface area contributed by atoms with Gasteiger partial charge in [-0.15, -0.1) is 17.7 Å². The van der Waals surface area contributed by atoms with Crippen LogP contribution in [-0.2, 0) is 19.6 Å². The van der Waals surface area contributed by atoms with Gasteiger partial charge in [0.25, 0.3) is 15.9 Å². The number of hydrogen-bond acceptors (Lipinski definition) is 11. The van der Waals surface area contributed by atoms with Gasteiger partial charge in [-0.3, -0.25) is 4.79 Å². The van der Waals surface area contributed by atoms with Crippen LogP contribution in [0.2, 0.25) is 0 Å². The van der Waals surface area contributed by atoms with E-state index in [1.807, 2.05) is 0 Å². The maximum Gasteiger partial charge on any atom is 0.344 e. The summed E-state index contributed by atoms with van der Waals surface area (Å²) in [5.41, 5.74) is -0.456. The molecule has 0 radical (unpaired) electrons. The summed E-state index contributed by atoms with van der Waals surface area (Å²) in [6.45, 7) is 6.37. The van der Waals surface area contributed by atoms with E-state index in [4.69, 9.17) is 14.2 Å². The Balaban J connectivity index is 1.74. The SMILES string of the molecule is CCOc1ccc(OCC(=O)OC(C)(C)C)c2c1C(=O)N(C(S)c1nnnn1-c1ccccc1)S2(=O)=O. The van der Waals surface area contributed by atoms with Crippen LogP contribution in [-0.4, -0.2) is 63.6 Å². The number of amides is 1. The molecule has 0 bridgehead atoms. The molecule has 4 rings (SSSR count). The Labute approximate surface area is 219 Å². The zero-order chi connectivity index (χ0) is 27.0. The largest absolute Gasteiger partial charge is 0.493 e. The predicted molar refractivity (Wildman–Crippen MR) is 133 cm³/mol. The monoisotopic (exact) mass is 547 g/mol. The number of aromatic nitrogens is 4. The van der Waals surface area contributed by atoms with Crippen LogP contribution in [0.25, 0.3) is 5.69 Å². The van der Waals surface area contributed by atoms with E-state index in [0.717, 1.165) is 0 Å². The van der Waals surface area contributed by atoms with Gasteiger partial charge in [-0.25, -0.2) is 17.5 Å². The first kappa shape index (κ1) is 26.4. The van der Waals surface area contributed by atoms with Gasteiger partial charge >= 0.3 is 5.97 Å². The fourth-order valence-electron chi connectivity index (χ4n) is 3.67. The Hall–Kier alpha value is -3.65. The lowest BCUT2D eigenvalue weighted by Crippen LogP contribution is -2.33. The maximum absolute atomic E-state index is 13.8. The van der Waals surface area contributed by atoms with Crippen molar-refractivity contribution in [3.8, 4) is 17.2 Å². The van der Waals surface area contributed by atoms with Crippen LogP contribution in [0.1, 0.15) is 49.3 Å². The van der Waals surface area contributed by atoms with Gasteiger partial charge in [-0.1, -0.05) is 18.2 Å². The summed E-state index contributed by atoms with van der Waals surface area (Å²) in [6, 6.07) is 11.5. The molecule has 2 heterocycles. The maximum atomic E-state index is 13.8. The van der Waals surface area contributed by atoms with Gasteiger partial charge in [0.05, 0.1) is 12.3 Å². The number of hydrogen-bond donors (Lipinski definition) is 1. The van der Waals surface area contributed by atoms with Gasteiger partial charge in [0.2, 0.25) is 0 Å². The van der Waals surface area contributed by atoms with Crippen LogP contribution < -0.4 is 9.47 Å². The quantitative estimate of drug-likeness (QED) is 0.330. The average molecular weight is 548 g/mol. The Morgan fingerprint density at radius 2 is 1.76 bits per heavy atom. The van der Waals surface area contributed by atoms with E-state index < -0.39 is 44.4 Å². The number of benzene rings is 2. The molecule has 196 valence electrons. The molecule has 1 aliphatic heterocycles. The molecule has 0 N–H and O–H groups in total. The van der Waals surface area contributed by atoms with E-state index >= 15 is 0 Å². The number of fused-ring (bicyclic) bond motifs is 1. The number of tetrazole rings is 1. The highest BCUT2D eigenvalue weighted by Crippen LogP contribution is 2.46. The second-order valence-corrected chi connectivity index (χ2v) is 11.1. The Morgan fingerprint density at radius 3 is 2.41 bits per heavy atom.